The highest BCUT2D eigenvalue weighted by molar-refractivity contribution is 7.12. The highest BCUT2D eigenvalue weighted by Crippen LogP contribution is 2.25. The first kappa shape index (κ1) is 9.71. The summed E-state index contributed by atoms with van der Waals surface area (Å²) in [5.41, 5.74) is 2.84. The molecule has 1 rings (SSSR count). The molecule has 2 nitrogen and oxygen atoms in total. The lowest BCUT2D eigenvalue weighted by atomic mass is 10.1. The van der Waals surface area contributed by atoms with Gasteiger partial charge in [-0.1, -0.05) is 13.3 Å². The van der Waals surface area contributed by atoms with Gasteiger partial charge in [0, 0.05) is 9.75 Å². The number of aryl methyl sites for hydroxylation is 1. The third-order valence-electron chi connectivity index (χ3n) is 1.88. The van der Waals surface area contributed by atoms with Crippen molar-refractivity contribution in [3.63, 3.8) is 0 Å². The molecule has 3 N–H and O–H groups in total. The fourth-order valence-electron chi connectivity index (χ4n) is 1.24. The minimum absolute atomic E-state index is 0.341. The van der Waals surface area contributed by atoms with E-state index in [1.807, 2.05) is 11.3 Å². The number of rotatable bonds is 4. The van der Waals surface area contributed by atoms with Gasteiger partial charge in [0.25, 0.3) is 0 Å². The zero-order valence-corrected chi connectivity index (χ0v) is 8.45. The topological polar surface area (TPSA) is 38.0 Å². The van der Waals surface area contributed by atoms with Crippen LogP contribution >= 0.6 is 11.3 Å². The summed E-state index contributed by atoms with van der Waals surface area (Å²) in [6.45, 7) is 4.29. The number of hydrazine groups is 1. The second-order valence-electron chi connectivity index (χ2n) is 2.96. The molecule has 68 valence electrons. The molecular formula is C9H16N2S. The van der Waals surface area contributed by atoms with Crippen LogP contribution in [0.15, 0.2) is 12.1 Å². The van der Waals surface area contributed by atoms with Crippen molar-refractivity contribution < 1.29 is 0 Å². The molecule has 0 saturated heterocycles. The third kappa shape index (κ3) is 2.30. The molecule has 0 amide bonds. The van der Waals surface area contributed by atoms with Crippen LogP contribution in [0, 0.1) is 6.92 Å². The van der Waals surface area contributed by atoms with Gasteiger partial charge in [-0.15, -0.1) is 11.3 Å². The van der Waals surface area contributed by atoms with E-state index in [0.717, 1.165) is 12.8 Å². The molecule has 0 fully saturated rings. The maximum atomic E-state index is 5.46. The predicted molar refractivity (Wildman–Crippen MR) is 54.0 cm³/mol. The molecule has 1 heterocycles. The molecule has 3 heteroatoms. The third-order valence-corrected chi connectivity index (χ3v) is 3.00. The van der Waals surface area contributed by atoms with Crippen molar-refractivity contribution in [3.8, 4) is 0 Å². The molecule has 0 bridgehead atoms. The maximum absolute atomic E-state index is 5.46. The Balaban J connectivity index is 2.66. The fourth-order valence-corrected chi connectivity index (χ4v) is 2.21. The molecule has 0 radical (unpaired) electrons. The van der Waals surface area contributed by atoms with E-state index < -0.39 is 0 Å². The van der Waals surface area contributed by atoms with Crippen LogP contribution < -0.4 is 11.3 Å². The van der Waals surface area contributed by atoms with E-state index in [9.17, 15) is 0 Å². The largest absolute Gasteiger partial charge is 0.271 e. The lowest BCUT2D eigenvalue weighted by molar-refractivity contribution is 0.517. The van der Waals surface area contributed by atoms with E-state index in [1.54, 1.807) is 0 Å². The Morgan fingerprint density at radius 3 is 2.75 bits per heavy atom. The molecule has 0 saturated carbocycles. The molecule has 0 aromatic carbocycles. The molecule has 0 aliphatic heterocycles. The number of nitrogens with two attached hydrogens (primary N) is 1. The Kier molecular flexibility index (Phi) is 3.72. The summed E-state index contributed by atoms with van der Waals surface area (Å²) >= 11 is 1.82. The Hall–Kier alpha value is -0.380. The minimum Gasteiger partial charge on any atom is -0.271 e. The van der Waals surface area contributed by atoms with Gasteiger partial charge in [-0.2, -0.15) is 0 Å². The van der Waals surface area contributed by atoms with Gasteiger partial charge in [0.2, 0.25) is 0 Å². The molecule has 0 aliphatic rings. The molecule has 12 heavy (non-hydrogen) atoms. The van der Waals surface area contributed by atoms with Crippen LogP contribution in [0.2, 0.25) is 0 Å². The van der Waals surface area contributed by atoms with Crippen molar-refractivity contribution in [1.29, 1.82) is 0 Å². The summed E-state index contributed by atoms with van der Waals surface area (Å²) in [6, 6.07) is 4.63. The lowest BCUT2D eigenvalue weighted by Gasteiger charge is -2.11. The highest BCUT2D eigenvalue weighted by Gasteiger charge is 2.09. The van der Waals surface area contributed by atoms with Gasteiger partial charge >= 0.3 is 0 Å². The van der Waals surface area contributed by atoms with Gasteiger partial charge in [0.15, 0.2) is 0 Å². The fraction of sp³-hybridized carbons (Fsp3) is 0.556. The quantitative estimate of drug-likeness (QED) is 0.557. The van der Waals surface area contributed by atoms with Crippen LogP contribution in [0.25, 0.3) is 0 Å². The molecule has 1 aromatic heterocycles. The van der Waals surface area contributed by atoms with Crippen LogP contribution in [-0.2, 0) is 0 Å². The summed E-state index contributed by atoms with van der Waals surface area (Å²) in [6.07, 6.45) is 2.27. The first-order valence-electron chi connectivity index (χ1n) is 4.30. The van der Waals surface area contributed by atoms with Gasteiger partial charge in [0.05, 0.1) is 6.04 Å². The van der Waals surface area contributed by atoms with Gasteiger partial charge in [-0.3, -0.25) is 11.3 Å². The van der Waals surface area contributed by atoms with E-state index in [4.69, 9.17) is 5.84 Å². The highest BCUT2D eigenvalue weighted by atomic mass is 32.1. The van der Waals surface area contributed by atoms with Gasteiger partial charge in [-0.25, -0.2) is 0 Å². The zero-order chi connectivity index (χ0) is 8.97. The SMILES string of the molecule is CCCC(NN)c1ccc(C)s1. The van der Waals surface area contributed by atoms with Crippen molar-refractivity contribution in [1.82, 2.24) is 5.43 Å². The van der Waals surface area contributed by atoms with Gasteiger partial charge in [0.1, 0.15) is 0 Å². The Bertz CT molecular complexity index is 232. The normalized spacial score (nSPS) is 13.2. The Labute approximate surface area is 77.8 Å². The second-order valence-corrected chi connectivity index (χ2v) is 4.28. The van der Waals surface area contributed by atoms with E-state index in [2.05, 4.69) is 31.4 Å². The van der Waals surface area contributed by atoms with Crippen molar-refractivity contribution in [2.75, 3.05) is 0 Å². The minimum atomic E-state index is 0.341. The van der Waals surface area contributed by atoms with Crippen molar-refractivity contribution in [2.24, 2.45) is 5.84 Å². The molecular weight excluding hydrogens is 168 g/mol. The average molecular weight is 184 g/mol. The summed E-state index contributed by atoms with van der Waals surface area (Å²) in [5, 5.41) is 0. The van der Waals surface area contributed by atoms with E-state index in [0.29, 0.717) is 6.04 Å². The van der Waals surface area contributed by atoms with Gasteiger partial charge < -0.3 is 0 Å². The monoisotopic (exact) mass is 184 g/mol. The Morgan fingerprint density at radius 2 is 2.33 bits per heavy atom. The number of hydrogen-bond acceptors (Lipinski definition) is 3. The van der Waals surface area contributed by atoms with Crippen LogP contribution in [-0.4, -0.2) is 0 Å². The standard InChI is InChI=1S/C9H16N2S/c1-3-4-8(11-10)9-6-5-7(2)12-9/h5-6,8,11H,3-4,10H2,1-2H3. The predicted octanol–water partition coefficient (Wildman–Crippen LogP) is 2.36. The summed E-state index contributed by atoms with van der Waals surface area (Å²) in [7, 11) is 0. The first-order valence-corrected chi connectivity index (χ1v) is 5.12. The molecule has 1 aromatic rings. The molecule has 1 atom stereocenters. The van der Waals surface area contributed by atoms with Crippen molar-refractivity contribution >= 4 is 11.3 Å². The number of hydrogen-bond donors (Lipinski definition) is 2. The molecule has 0 spiro atoms. The molecule has 1 unspecified atom stereocenters. The first-order chi connectivity index (χ1) is 5.77. The van der Waals surface area contributed by atoms with Gasteiger partial charge in [-0.05, 0) is 25.5 Å². The summed E-state index contributed by atoms with van der Waals surface area (Å²) in [5.74, 6) is 5.46. The van der Waals surface area contributed by atoms with E-state index in [1.165, 1.54) is 9.75 Å². The van der Waals surface area contributed by atoms with E-state index in [-0.39, 0.29) is 0 Å². The summed E-state index contributed by atoms with van der Waals surface area (Å²) in [4.78, 5) is 2.69. The average Bonchev–Trinajstić information content (AvgIpc) is 2.47. The van der Waals surface area contributed by atoms with Crippen molar-refractivity contribution in [3.05, 3.63) is 21.9 Å². The van der Waals surface area contributed by atoms with E-state index >= 15 is 0 Å². The van der Waals surface area contributed by atoms with Crippen LogP contribution in [0.5, 0.6) is 0 Å². The van der Waals surface area contributed by atoms with Crippen LogP contribution in [0.1, 0.15) is 35.6 Å². The smallest absolute Gasteiger partial charge is 0.0553 e. The Morgan fingerprint density at radius 1 is 1.58 bits per heavy atom. The van der Waals surface area contributed by atoms with Crippen molar-refractivity contribution in [2.45, 2.75) is 32.7 Å². The molecule has 0 aliphatic carbocycles. The number of thiophene rings is 1. The van der Waals surface area contributed by atoms with Crippen LogP contribution in [0.4, 0.5) is 0 Å². The second kappa shape index (κ2) is 4.60. The maximum Gasteiger partial charge on any atom is 0.0553 e. The number of nitrogens with one attached hydrogen (secondary N) is 1. The zero-order valence-electron chi connectivity index (χ0n) is 7.63. The summed E-state index contributed by atoms with van der Waals surface area (Å²) < 4.78 is 0. The van der Waals surface area contributed by atoms with Crippen LogP contribution in [0.3, 0.4) is 0 Å². The lowest BCUT2D eigenvalue weighted by Crippen LogP contribution is -2.27.